The van der Waals surface area contributed by atoms with E-state index < -0.39 is 6.09 Å². The third-order valence-corrected chi connectivity index (χ3v) is 5.22. The lowest BCUT2D eigenvalue weighted by Gasteiger charge is -2.32. The number of likely N-dealkylation sites (N-methyl/N-ethyl adjacent to an activating group) is 2. The Morgan fingerprint density at radius 3 is 2.76 bits per heavy atom. The van der Waals surface area contributed by atoms with Gasteiger partial charge in [-0.3, -0.25) is 4.90 Å². The zero-order valence-corrected chi connectivity index (χ0v) is 15.6. The van der Waals surface area contributed by atoms with Crippen molar-refractivity contribution in [2.45, 2.75) is 38.8 Å². The van der Waals surface area contributed by atoms with Gasteiger partial charge in [0, 0.05) is 37.1 Å². The van der Waals surface area contributed by atoms with E-state index in [2.05, 4.69) is 35.8 Å². The maximum absolute atomic E-state index is 12.1. The van der Waals surface area contributed by atoms with Crippen LogP contribution in [-0.2, 0) is 5.41 Å². The van der Waals surface area contributed by atoms with Crippen LogP contribution in [0.3, 0.4) is 0 Å². The van der Waals surface area contributed by atoms with Crippen molar-refractivity contribution >= 4 is 11.8 Å². The van der Waals surface area contributed by atoms with E-state index in [9.17, 15) is 4.79 Å². The van der Waals surface area contributed by atoms with Crippen LogP contribution in [0.25, 0.3) is 0 Å². The number of ether oxygens (including phenoxy) is 1. The number of imidazole rings is 1. The minimum absolute atomic E-state index is 0.0657. The van der Waals surface area contributed by atoms with Crippen LogP contribution in [0.2, 0.25) is 0 Å². The minimum atomic E-state index is -0.445. The van der Waals surface area contributed by atoms with Gasteiger partial charge in [-0.15, -0.1) is 0 Å². The molecule has 2 aromatic rings. The first-order valence-electron chi connectivity index (χ1n) is 8.78. The summed E-state index contributed by atoms with van der Waals surface area (Å²) in [7, 11) is 4.30. The quantitative estimate of drug-likeness (QED) is 0.796. The molecule has 1 unspecified atom stereocenters. The van der Waals surface area contributed by atoms with Gasteiger partial charge < -0.3 is 9.64 Å². The highest BCUT2D eigenvalue weighted by Gasteiger charge is 2.52. The SMILES string of the molecule is CC.CN1CC[C@]2(C)c3cc(OC(=O)n4ccnc4)ccc3N(C)C12. The number of likely N-dealkylation sites (tertiary alicyclic amines) is 1. The molecule has 4 rings (SSSR count). The number of aromatic nitrogens is 2. The Morgan fingerprint density at radius 1 is 1.32 bits per heavy atom. The van der Waals surface area contributed by atoms with Crippen molar-refractivity contribution in [3.05, 3.63) is 42.5 Å². The molecular weight excluding hydrogens is 316 g/mol. The molecule has 2 aliphatic heterocycles. The molecular formula is C19H26N4O2. The van der Waals surface area contributed by atoms with Crippen LogP contribution >= 0.6 is 0 Å². The molecule has 1 aromatic carbocycles. The first-order chi connectivity index (χ1) is 12.0. The van der Waals surface area contributed by atoms with Gasteiger partial charge in [-0.1, -0.05) is 20.8 Å². The smallest absolute Gasteiger partial charge is 0.410 e. The number of nitrogens with zero attached hydrogens (tertiary/aromatic N) is 4. The van der Waals surface area contributed by atoms with E-state index in [0.29, 0.717) is 11.9 Å². The highest BCUT2D eigenvalue weighted by Crippen LogP contribution is 2.51. The van der Waals surface area contributed by atoms with E-state index in [0.717, 1.165) is 13.0 Å². The average molecular weight is 342 g/mol. The molecule has 25 heavy (non-hydrogen) atoms. The fourth-order valence-corrected chi connectivity index (χ4v) is 4.14. The van der Waals surface area contributed by atoms with Crippen LogP contribution in [0.1, 0.15) is 32.8 Å². The molecule has 6 nitrogen and oxygen atoms in total. The maximum atomic E-state index is 12.1. The normalized spacial score (nSPS) is 24.4. The molecule has 1 aromatic heterocycles. The van der Waals surface area contributed by atoms with Crippen molar-refractivity contribution in [1.29, 1.82) is 0 Å². The molecule has 0 saturated carbocycles. The Labute approximate surface area is 149 Å². The summed E-state index contributed by atoms with van der Waals surface area (Å²) in [4.78, 5) is 20.7. The Kier molecular flexibility index (Phi) is 4.56. The lowest BCUT2D eigenvalue weighted by Crippen LogP contribution is -2.45. The Hall–Kier alpha value is -2.34. The highest BCUT2D eigenvalue weighted by atomic mass is 16.6. The summed E-state index contributed by atoms with van der Waals surface area (Å²) < 4.78 is 6.82. The second kappa shape index (κ2) is 6.52. The van der Waals surface area contributed by atoms with Gasteiger partial charge >= 0.3 is 6.09 Å². The number of hydrogen-bond donors (Lipinski definition) is 0. The molecule has 1 saturated heterocycles. The van der Waals surface area contributed by atoms with Crippen LogP contribution in [0.5, 0.6) is 5.75 Å². The number of fused-ring (bicyclic) bond motifs is 3. The number of rotatable bonds is 1. The van der Waals surface area contributed by atoms with Gasteiger partial charge in [-0.25, -0.2) is 14.3 Å². The Bertz CT molecular complexity index is 759. The third-order valence-electron chi connectivity index (χ3n) is 5.22. The van der Waals surface area contributed by atoms with Crippen molar-refractivity contribution < 1.29 is 9.53 Å². The monoisotopic (exact) mass is 342 g/mol. The summed E-state index contributed by atoms with van der Waals surface area (Å²) in [6, 6.07) is 5.91. The largest absolute Gasteiger partial charge is 0.424 e. The van der Waals surface area contributed by atoms with Gasteiger partial charge in [-0.2, -0.15) is 0 Å². The topological polar surface area (TPSA) is 50.6 Å². The maximum Gasteiger partial charge on any atom is 0.424 e. The number of carbonyl (C=O) groups excluding carboxylic acids is 1. The molecule has 1 fully saturated rings. The third kappa shape index (κ3) is 2.70. The van der Waals surface area contributed by atoms with Crippen LogP contribution in [0.15, 0.2) is 36.9 Å². The van der Waals surface area contributed by atoms with Crippen LogP contribution in [0.4, 0.5) is 10.5 Å². The van der Waals surface area contributed by atoms with Crippen molar-refractivity contribution in [3.8, 4) is 5.75 Å². The summed E-state index contributed by atoms with van der Waals surface area (Å²) in [5.74, 6) is 0.576. The number of hydrogen-bond acceptors (Lipinski definition) is 5. The predicted molar refractivity (Wildman–Crippen MR) is 98.2 cm³/mol. The van der Waals surface area contributed by atoms with Gasteiger partial charge in [0.05, 0.1) is 6.17 Å². The minimum Gasteiger partial charge on any atom is -0.410 e. The Morgan fingerprint density at radius 2 is 2.08 bits per heavy atom. The lowest BCUT2D eigenvalue weighted by molar-refractivity contribution is 0.202. The predicted octanol–water partition coefficient (Wildman–Crippen LogP) is 3.33. The van der Waals surface area contributed by atoms with Crippen molar-refractivity contribution in [2.75, 3.05) is 25.5 Å². The molecule has 2 atom stereocenters. The number of carbonyl (C=O) groups is 1. The van der Waals surface area contributed by atoms with E-state index >= 15 is 0 Å². The van der Waals surface area contributed by atoms with Crippen LogP contribution in [0, 0.1) is 0 Å². The van der Waals surface area contributed by atoms with Crippen molar-refractivity contribution in [1.82, 2.24) is 14.5 Å². The van der Waals surface area contributed by atoms with E-state index in [1.54, 1.807) is 12.4 Å². The van der Waals surface area contributed by atoms with Crippen LogP contribution < -0.4 is 9.64 Å². The van der Waals surface area contributed by atoms with Gasteiger partial charge in [-0.05, 0) is 37.2 Å². The van der Waals surface area contributed by atoms with Gasteiger partial charge in [0.15, 0.2) is 0 Å². The summed E-state index contributed by atoms with van der Waals surface area (Å²) in [5, 5.41) is 0. The highest BCUT2D eigenvalue weighted by molar-refractivity contribution is 5.74. The first kappa shape index (κ1) is 17.5. The fourth-order valence-electron chi connectivity index (χ4n) is 4.14. The zero-order valence-electron chi connectivity index (χ0n) is 15.6. The summed E-state index contributed by atoms with van der Waals surface area (Å²) in [6.45, 7) is 7.37. The molecule has 0 spiro atoms. The van der Waals surface area contributed by atoms with Crippen molar-refractivity contribution in [2.24, 2.45) is 0 Å². The number of benzene rings is 1. The molecule has 0 bridgehead atoms. The van der Waals surface area contributed by atoms with Gasteiger partial charge in [0.2, 0.25) is 0 Å². The zero-order chi connectivity index (χ0) is 18.2. The van der Waals surface area contributed by atoms with Crippen molar-refractivity contribution in [3.63, 3.8) is 0 Å². The lowest BCUT2D eigenvalue weighted by atomic mass is 9.81. The summed E-state index contributed by atoms with van der Waals surface area (Å²) in [5.41, 5.74) is 2.53. The molecule has 0 N–H and O–H groups in total. The molecule has 3 heterocycles. The first-order valence-corrected chi connectivity index (χ1v) is 8.78. The second-order valence-electron chi connectivity index (χ2n) is 6.65. The Balaban J connectivity index is 0.000000880. The van der Waals surface area contributed by atoms with E-state index in [1.807, 2.05) is 32.0 Å². The van der Waals surface area contributed by atoms with Crippen LogP contribution in [-0.4, -0.2) is 47.4 Å². The standard InChI is InChI=1S/C17H20N4O2.C2H6/c1-17-6-8-19(2)15(17)20(3)14-5-4-12(10-13(14)17)23-16(22)21-9-7-18-11-21;1-2/h4-5,7,9-11,15H,6,8H2,1-3H3;1-2H3/t15?,17-;/m1./s1. The molecule has 2 aliphatic rings. The molecule has 0 aliphatic carbocycles. The average Bonchev–Trinajstić information content (AvgIpc) is 3.29. The molecule has 0 radical (unpaired) electrons. The number of anilines is 1. The van der Waals surface area contributed by atoms with E-state index in [1.165, 1.54) is 22.1 Å². The second-order valence-corrected chi connectivity index (χ2v) is 6.65. The van der Waals surface area contributed by atoms with Gasteiger partial charge in [0.1, 0.15) is 12.1 Å². The molecule has 0 amide bonds. The fraction of sp³-hybridized carbons (Fsp3) is 0.474. The summed E-state index contributed by atoms with van der Waals surface area (Å²) >= 11 is 0. The van der Waals surface area contributed by atoms with E-state index in [4.69, 9.17) is 4.74 Å². The summed E-state index contributed by atoms with van der Waals surface area (Å²) in [6.07, 6.45) is 5.58. The molecule has 134 valence electrons. The van der Waals surface area contributed by atoms with Gasteiger partial charge in [0.25, 0.3) is 0 Å². The van der Waals surface area contributed by atoms with E-state index in [-0.39, 0.29) is 5.41 Å². The molecule has 6 heteroatoms.